The minimum atomic E-state index is -1.31. The molecular weight excluding hydrogens is 1290 g/mol. The molecule has 8 heterocycles. The number of nitrogens with zero attached hydrogens (tertiary/aromatic N) is 8. The van der Waals surface area contributed by atoms with Gasteiger partial charge in [0.15, 0.2) is 5.78 Å². The topological polar surface area (TPSA) is 357 Å². The number of benzene rings is 1. The number of rotatable bonds is 14. The summed E-state index contributed by atoms with van der Waals surface area (Å²) in [5.74, 6) is -5.93. The molecule has 0 spiro atoms. The van der Waals surface area contributed by atoms with Crippen LogP contribution in [0.2, 0.25) is 0 Å². The number of ether oxygens (including phenoxy) is 2. The highest BCUT2D eigenvalue weighted by Gasteiger charge is 2.35. The van der Waals surface area contributed by atoms with Gasteiger partial charge in [-0.15, -0.1) is 68.0 Å². The molecule has 31 heteroatoms. The second kappa shape index (κ2) is 29.2. The Hall–Kier alpha value is -8.43. The fraction of sp³-hybridized carbons (Fsp3) is 0.350. The minimum absolute atomic E-state index is 0.00805. The van der Waals surface area contributed by atoms with E-state index in [2.05, 4.69) is 21.3 Å². The van der Waals surface area contributed by atoms with Gasteiger partial charge in [0.05, 0.1) is 47.1 Å². The van der Waals surface area contributed by atoms with Gasteiger partial charge in [0.2, 0.25) is 11.8 Å². The number of ketones is 1. The van der Waals surface area contributed by atoms with Gasteiger partial charge in [0.25, 0.3) is 11.8 Å². The van der Waals surface area contributed by atoms with Crippen LogP contribution in [0.25, 0.3) is 43.4 Å². The molecule has 8 aromatic rings. The van der Waals surface area contributed by atoms with Crippen LogP contribution in [-0.4, -0.2) is 131 Å². The summed E-state index contributed by atoms with van der Waals surface area (Å²) in [5, 5.41) is 50.8. The number of aromatic nitrogens is 7. The van der Waals surface area contributed by atoms with E-state index < -0.39 is 84.3 Å². The number of aliphatic hydroxyl groups is 1. The minimum Gasteiger partial charge on any atom is -0.481 e. The summed E-state index contributed by atoms with van der Waals surface area (Å²) >= 11 is 7.04. The Morgan fingerprint density at radius 1 is 0.747 bits per heavy atom. The number of carbonyl (C=O) groups excluding carboxylic acids is 6. The molecule has 1 aliphatic heterocycles. The summed E-state index contributed by atoms with van der Waals surface area (Å²) in [7, 11) is 2.94. The van der Waals surface area contributed by atoms with Crippen LogP contribution in [0.3, 0.4) is 0 Å². The van der Waals surface area contributed by atoms with Crippen LogP contribution in [-0.2, 0) is 35.3 Å². The quantitative estimate of drug-likeness (QED) is 0.0498. The molecule has 0 radical (unpaired) electrons. The third-order valence-electron chi connectivity index (χ3n) is 14.9. The standard InChI is InChI=1S/C60H60N12O13S6/c1-28(2)34-20-40(73)46-29(3)90-57(70-46)36(21-43(74)61-4)64-51(79)38-25-86-53(66-38)33-17-18-35(55-68-42(27-89-55)72(19-9-12-45(76)77)60(83)85-32-15-13-31(14-16-32)59(81)82)63-47(33)37-24-87-56(65-37)39-26-88-58(67-39)49(50(78)30-10-7-6-8-11-30)69-44(75)22-62-52(80)48-41(23-84-5)91-54(34)71-48/h6-12,17-18,24-28,31-32,34,36,49-50,78H,13-16,19-23H2,1-5H3,(H,61,74)(H,62,80)(H,64,79)(H,69,75)(H,76,77)(H,81,82)/b12-9+/t31?,32?,34-,36-,49-,50-/m0/s1. The zero-order chi connectivity index (χ0) is 64.6. The highest BCUT2D eigenvalue weighted by atomic mass is 32.1. The number of carboxylic acids is 2. The van der Waals surface area contributed by atoms with Crippen molar-refractivity contribution in [3.05, 3.63) is 124 Å². The zero-order valence-electron chi connectivity index (χ0n) is 49.4. The second-order valence-electron chi connectivity index (χ2n) is 21.5. The number of methoxy groups -OCH3 is 1. The van der Waals surface area contributed by atoms with Crippen LogP contribution in [0.1, 0.15) is 138 Å². The molecule has 91 heavy (non-hydrogen) atoms. The summed E-state index contributed by atoms with van der Waals surface area (Å²) in [5.41, 5.74) is 2.42. The monoisotopic (exact) mass is 1350 g/mol. The molecule has 1 saturated carbocycles. The largest absolute Gasteiger partial charge is 0.481 e. The van der Waals surface area contributed by atoms with Gasteiger partial charge in [-0.2, -0.15) is 0 Å². The van der Waals surface area contributed by atoms with E-state index >= 15 is 0 Å². The number of aryl methyl sites for hydroxylation is 1. The van der Waals surface area contributed by atoms with E-state index in [0.717, 1.165) is 51.4 Å². The maximum atomic E-state index is 14.4. The number of fused-ring (bicyclic) bond motifs is 14. The molecular formula is C60H60N12O13S6. The fourth-order valence-electron chi connectivity index (χ4n) is 10.1. The van der Waals surface area contributed by atoms with Crippen LogP contribution in [0.5, 0.6) is 0 Å². The van der Waals surface area contributed by atoms with Crippen molar-refractivity contribution in [1.82, 2.24) is 56.2 Å². The highest BCUT2D eigenvalue weighted by molar-refractivity contribution is 7.15. The Kier molecular flexibility index (Phi) is 21.1. The van der Waals surface area contributed by atoms with E-state index in [1.165, 1.54) is 47.8 Å². The van der Waals surface area contributed by atoms with Crippen molar-refractivity contribution in [2.75, 3.05) is 32.1 Å². The van der Waals surface area contributed by atoms with Gasteiger partial charge in [0, 0.05) is 71.1 Å². The summed E-state index contributed by atoms with van der Waals surface area (Å²) in [4.78, 5) is 143. The van der Waals surface area contributed by atoms with E-state index in [0.29, 0.717) is 93.7 Å². The number of hydrogen-bond acceptors (Lipinski definition) is 24. The Labute approximate surface area is 544 Å². The summed E-state index contributed by atoms with van der Waals surface area (Å²) in [6, 6.07) is 10.00. The van der Waals surface area contributed by atoms with Crippen molar-refractivity contribution in [3.8, 4) is 43.4 Å². The summed E-state index contributed by atoms with van der Waals surface area (Å²) < 4.78 is 11.3. The van der Waals surface area contributed by atoms with Crippen molar-refractivity contribution < 1.29 is 63.1 Å². The van der Waals surface area contributed by atoms with Crippen molar-refractivity contribution in [3.63, 3.8) is 0 Å². The number of amides is 5. The number of anilines is 1. The number of aliphatic hydroxyl groups excluding tert-OH is 1. The number of thiazole rings is 6. The van der Waals surface area contributed by atoms with Crippen molar-refractivity contribution in [1.29, 1.82) is 0 Å². The van der Waals surface area contributed by atoms with Gasteiger partial charge >= 0.3 is 18.0 Å². The number of Topliss-reactive ketones (excluding diaryl/α,β-unsaturated/α-hetero) is 1. The normalized spacial score (nSPS) is 18.6. The first-order valence-electron chi connectivity index (χ1n) is 28.5. The first kappa shape index (κ1) is 65.5. The molecule has 7 aromatic heterocycles. The molecule has 10 rings (SSSR count). The maximum absolute atomic E-state index is 14.4. The van der Waals surface area contributed by atoms with Gasteiger partial charge in [-0.25, -0.2) is 44.5 Å². The first-order valence-corrected chi connectivity index (χ1v) is 33.7. The van der Waals surface area contributed by atoms with Gasteiger partial charge in [-0.3, -0.25) is 33.7 Å². The zero-order valence-corrected chi connectivity index (χ0v) is 54.3. The number of hydrogen-bond donors (Lipinski definition) is 7. The fourth-order valence-corrected chi connectivity index (χ4v) is 15.7. The van der Waals surface area contributed by atoms with Crippen molar-refractivity contribution in [2.24, 2.45) is 11.8 Å². The third kappa shape index (κ3) is 15.5. The SMILES string of the molecule is CNC(=O)C[C@@H]1NC(=O)c2csc(n2)-c2ccc(-c3nc(N(C/C=C/C(=O)O)C(=O)OC4CCC(C(=O)O)CC4)cs3)nc2-c2csc(n2)-c2csc(n2)[C@H]([C@@H](O)c2ccccc2)NC(=O)CNC(=O)c2nc(sc2COC)[C@H](C(C)C)CC(=O)c2nc1sc2C. The lowest BCUT2D eigenvalue weighted by Gasteiger charge is -2.28. The molecule has 474 valence electrons. The number of nitrogens with one attached hydrogen (secondary N) is 4. The van der Waals surface area contributed by atoms with E-state index in [-0.39, 0.29) is 66.3 Å². The molecule has 1 fully saturated rings. The Morgan fingerprint density at radius 2 is 1.45 bits per heavy atom. The number of carbonyl (C=O) groups is 8. The van der Waals surface area contributed by atoms with Gasteiger partial charge in [-0.1, -0.05) is 50.3 Å². The van der Waals surface area contributed by atoms with Crippen LogP contribution in [0, 0.1) is 18.8 Å². The van der Waals surface area contributed by atoms with Gasteiger partial charge < -0.3 is 46.1 Å². The molecule has 4 atom stereocenters. The molecule has 0 saturated heterocycles. The highest BCUT2D eigenvalue weighted by Crippen LogP contribution is 2.41. The van der Waals surface area contributed by atoms with E-state index in [1.807, 2.05) is 13.8 Å². The molecule has 2 aliphatic rings. The van der Waals surface area contributed by atoms with E-state index in [4.69, 9.17) is 44.4 Å². The molecule has 1 aliphatic carbocycles. The number of pyridine rings is 1. The van der Waals surface area contributed by atoms with Crippen molar-refractivity contribution >= 4 is 121 Å². The Bertz CT molecular complexity index is 4050. The van der Waals surface area contributed by atoms with E-state index in [1.54, 1.807) is 70.9 Å². The lowest BCUT2D eigenvalue weighted by atomic mass is 9.87. The van der Waals surface area contributed by atoms with Crippen LogP contribution >= 0.6 is 68.0 Å². The van der Waals surface area contributed by atoms with Crippen molar-refractivity contribution in [2.45, 2.75) is 96.1 Å². The Morgan fingerprint density at radius 3 is 2.18 bits per heavy atom. The smallest absolute Gasteiger partial charge is 0.416 e. The van der Waals surface area contributed by atoms with Gasteiger partial charge in [0.1, 0.15) is 83.3 Å². The van der Waals surface area contributed by atoms with Crippen LogP contribution in [0.4, 0.5) is 10.6 Å². The number of carboxylic acid groups (broad SMARTS) is 2. The number of aliphatic carboxylic acids is 2. The lowest BCUT2D eigenvalue weighted by molar-refractivity contribution is -0.143. The predicted molar refractivity (Wildman–Crippen MR) is 342 cm³/mol. The Balaban J connectivity index is 1.04. The average molecular weight is 1350 g/mol. The van der Waals surface area contributed by atoms with E-state index in [9.17, 15) is 53.7 Å². The molecule has 5 amide bonds. The summed E-state index contributed by atoms with van der Waals surface area (Å²) in [6.45, 7) is 4.85. The predicted octanol–water partition coefficient (Wildman–Crippen LogP) is 9.42. The molecule has 1 aromatic carbocycles. The lowest BCUT2D eigenvalue weighted by Crippen LogP contribution is -2.40. The maximum Gasteiger partial charge on any atom is 0.416 e. The molecule has 7 N–H and O–H groups in total. The molecule has 0 unspecified atom stereocenters. The summed E-state index contributed by atoms with van der Waals surface area (Å²) in [6.07, 6.45) is 0.482. The van der Waals surface area contributed by atoms with Gasteiger partial charge in [-0.05, 0) is 56.2 Å². The third-order valence-corrected chi connectivity index (χ3v) is 20.7. The van der Waals surface area contributed by atoms with Crippen LogP contribution < -0.4 is 26.2 Å². The van der Waals surface area contributed by atoms with Crippen LogP contribution in [0.15, 0.2) is 76.1 Å². The average Bonchev–Trinajstić information content (AvgIpc) is 1.75. The first-order chi connectivity index (χ1) is 43.7. The molecule has 10 bridgehead atoms. The second-order valence-corrected chi connectivity index (χ2v) is 27.3. The molecule has 25 nitrogen and oxygen atoms in total.